The monoisotopic (exact) mass is 445 g/mol. The second-order valence-electron chi connectivity index (χ2n) is 7.32. The Kier molecular flexibility index (Phi) is 6.11. The van der Waals surface area contributed by atoms with Gasteiger partial charge in [0.15, 0.2) is 5.82 Å². The van der Waals surface area contributed by atoms with Crippen LogP contribution in [0.5, 0.6) is 0 Å². The van der Waals surface area contributed by atoms with E-state index in [1.807, 2.05) is 25.1 Å². The molecule has 0 atom stereocenters. The van der Waals surface area contributed by atoms with E-state index >= 15 is 0 Å². The van der Waals surface area contributed by atoms with Gasteiger partial charge in [0, 0.05) is 50.4 Å². The highest BCUT2D eigenvalue weighted by molar-refractivity contribution is 5.97. The zero-order valence-electron chi connectivity index (χ0n) is 18.4. The van der Waals surface area contributed by atoms with Gasteiger partial charge in [0.2, 0.25) is 5.95 Å². The van der Waals surface area contributed by atoms with Crippen LogP contribution in [-0.2, 0) is 0 Å². The third kappa shape index (κ3) is 4.87. The highest BCUT2D eigenvalue weighted by Gasteiger charge is 2.15. The Bertz CT molecular complexity index is 1280. The molecule has 0 aliphatic rings. The summed E-state index contributed by atoms with van der Waals surface area (Å²) in [6, 6.07) is 8.55. The zero-order valence-corrected chi connectivity index (χ0v) is 18.4. The van der Waals surface area contributed by atoms with Crippen molar-refractivity contribution in [3.8, 4) is 22.5 Å². The third-order valence-corrected chi connectivity index (χ3v) is 4.70. The van der Waals surface area contributed by atoms with Gasteiger partial charge in [-0.3, -0.25) is 10.6 Å². The smallest absolute Gasteiger partial charge is 0.322 e. The molecule has 4 rings (SSSR count). The van der Waals surface area contributed by atoms with Crippen molar-refractivity contribution in [2.24, 2.45) is 0 Å². The number of imidazole rings is 1. The van der Waals surface area contributed by atoms with Crippen molar-refractivity contribution in [3.63, 3.8) is 0 Å². The maximum Gasteiger partial charge on any atom is 0.322 e. The number of rotatable bonds is 5. The minimum Gasteiger partial charge on any atom is -0.338 e. The number of H-pyrrole nitrogens is 1. The van der Waals surface area contributed by atoms with Gasteiger partial charge >= 0.3 is 12.1 Å². The molecule has 0 spiro atoms. The average Bonchev–Trinajstić information content (AvgIpc) is 3.21. The van der Waals surface area contributed by atoms with Crippen LogP contribution < -0.4 is 16.0 Å². The Balaban J connectivity index is 1.74. The van der Waals surface area contributed by atoms with Crippen LogP contribution in [-0.4, -0.2) is 62.5 Å². The fraction of sp³-hybridized carbons (Fsp3) is 0.182. The van der Waals surface area contributed by atoms with Crippen LogP contribution in [0.1, 0.15) is 6.92 Å². The molecule has 11 nitrogen and oxygen atoms in total. The number of fused-ring (bicyclic) bond motifs is 1. The molecule has 0 aliphatic heterocycles. The molecule has 3 heterocycles. The number of carbonyl (C=O) groups excluding carboxylic acids is 2. The Labute approximate surface area is 189 Å². The van der Waals surface area contributed by atoms with E-state index in [1.54, 1.807) is 44.8 Å². The minimum absolute atomic E-state index is 0.259. The number of nitrogens with one attached hydrogen (secondary N) is 4. The summed E-state index contributed by atoms with van der Waals surface area (Å²) >= 11 is 0. The first-order chi connectivity index (χ1) is 15.9. The van der Waals surface area contributed by atoms with E-state index in [2.05, 4.69) is 40.9 Å². The van der Waals surface area contributed by atoms with Gasteiger partial charge in [-0.2, -0.15) is 0 Å². The second kappa shape index (κ2) is 9.30. The van der Waals surface area contributed by atoms with Crippen LogP contribution in [0.3, 0.4) is 0 Å². The number of hydrogen-bond donors (Lipinski definition) is 4. The minimum atomic E-state index is -0.353. The summed E-state index contributed by atoms with van der Waals surface area (Å²) < 4.78 is 0. The Morgan fingerprint density at radius 2 is 1.82 bits per heavy atom. The van der Waals surface area contributed by atoms with Crippen LogP contribution in [0.25, 0.3) is 33.5 Å². The molecule has 0 aliphatic carbocycles. The number of amides is 4. The number of benzene rings is 1. The first-order valence-corrected chi connectivity index (χ1v) is 10.3. The molecule has 11 heteroatoms. The van der Waals surface area contributed by atoms with E-state index in [1.165, 1.54) is 4.90 Å². The van der Waals surface area contributed by atoms with Crippen molar-refractivity contribution in [2.45, 2.75) is 6.92 Å². The zero-order chi connectivity index (χ0) is 23.4. The lowest BCUT2D eigenvalue weighted by Crippen LogP contribution is -2.28. The summed E-state index contributed by atoms with van der Waals surface area (Å²) in [7, 11) is 3.32. The van der Waals surface area contributed by atoms with Crippen molar-refractivity contribution in [2.75, 3.05) is 31.3 Å². The lowest BCUT2D eigenvalue weighted by molar-refractivity contribution is 0.230. The number of urea groups is 2. The first-order valence-electron chi connectivity index (χ1n) is 10.3. The SMILES string of the molecule is CCNC(=O)Nc1nc2c(-c3ncccn3)cc(-c3ccc(NC(=O)N(C)C)nc3)cc2[nH]1. The Hall–Kier alpha value is -4.54. The molecule has 0 bridgehead atoms. The molecule has 0 unspecified atom stereocenters. The summed E-state index contributed by atoms with van der Waals surface area (Å²) in [5.74, 6) is 1.26. The molecule has 33 heavy (non-hydrogen) atoms. The number of nitrogens with zero attached hydrogens (tertiary/aromatic N) is 5. The second-order valence-corrected chi connectivity index (χ2v) is 7.32. The van der Waals surface area contributed by atoms with Crippen LogP contribution >= 0.6 is 0 Å². The molecule has 168 valence electrons. The van der Waals surface area contributed by atoms with E-state index < -0.39 is 0 Å². The van der Waals surface area contributed by atoms with Crippen LogP contribution in [0.15, 0.2) is 48.9 Å². The lowest BCUT2D eigenvalue weighted by Gasteiger charge is -2.11. The molecule has 0 radical (unpaired) electrons. The van der Waals surface area contributed by atoms with Crippen molar-refractivity contribution >= 4 is 34.9 Å². The summed E-state index contributed by atoms with van der Waals surface area (Å²) in [6.45, 7) is 2.33. The predicted molar refractivity (Wildman–Crippen MR) is 126 cm³/mol. The molecule has 0 saturated carbocycles. The fourth-order valence-corrected chi connectivity index (χ4v) is 3.12. The van der Waals surface area contributed by atoms with E-state index in [9.17, 15) is 9.59 Å². The van der Waals surface area contributed by atoms with E-state index in [4.69, 9.17) is 0 Å². The van der Waals surface area contributed by atoms with E-state index in [-0.39, 0.29) is 12.1 Å². The molecule has 0 fully saturated rings. The predicted octanol–water partition coefficient (Wildman–Crippen LogP) is 3.32. The quantitative estimate of drug-likeness (QED) is 0.371. The van der Waals surface area contributed by atoms with Gasteiger partial charge in [0.1, 0.15) is 11.3 Å². The number of carbonyl (C=O) groups is 2. The van der Waals surface area contributed by atoms with Crippen molar-refractivity contribution in [1.82, 2.24) is 35.1 Å². The van der Waals surface area contributed by atoms with Gasteiger partial charge in [-0.25, -0.2) is 29.5 Å². The first kappa shape index (κ1) is 21.7. The van der Waals surface area contributed by atoms with Crippen molar-refractivity contribution in [1.29, 1.82) is 0 Å². The molecule has 4 N–H and O–H groups in total. The van der Waals surface area contributed by atoms with Gasteiger partial charge in [0.05, 0.1) is 5.52 Å². The highest BCUT2D eigenvalue weighted by atomic mass is 16.2. The number of hydrogen-bond acceptors (Lipinski definition) is 6. The van der Waals surface area contributed by atoms with Crippen molar-refractivity contribution in [3.05, 3.63) is 48.9 Å². The standard InChI is InChI=1S/C22H23N9O2/c1-4-23-21(32)30-20-27-16-11-14(10-15(18(16)29-20)19-24-8-5-9-25-19)13-6-7-17(26-12-13)28-22(33)31(2)3/h5-12H,4H2,1-3H3,(H,26,28,33)(H3,23,27,29,30,32). The average molecular weight is 445 g/mol. The topological polar surface area (TPSA) is 141 Å². The summed E-state index contributed by atoms with van der Waals surface area (Å²) in [6.07, 6.45) is 4.99. The van der Waals surface area contributed by atoms with Gasteiger partial charge in [-0.15, -0.1) is 0 Å². The largest absolute Gasteiger partial charge is 0.338 e. The van der Waals surface area contributed by atoms with Crippen LogP contribution in [0.2, 0.25) is 0 Å². The van der Waals surface area contributed by atoms with Gasteiger partial charge in [-0.1, -0.05) is 0 Å². The summed E-state index contributed by atoms with van der Waals surface area (Å²) in [5, 5.41) is 8.07. The fourth-order valence-electron chi connectivity index (χ4n) is 3.12. The number of aromatic amines is 1. The summed E-state index contributed by atoms with van der Waals surface area (Å²) in [5.41, 5.74) is 3.69. The normalized spacial score (nSPS) is 10.6. The van der Waals surface area contributed by atoms with Gasteiger partial charge < -0.3 is 15.2 Å². The maximum atomic E-state index is 11.9. The lowest BCUT2D eigenvalue weighted by atomic mass is 10.0. The van der Waals surface area contributed by atoms with E-state index in [0.29, 0.717) is 40.7 Å². The molecule has 4 amide bonds. The molecule has 0 saturated heterocycles. The highest BCUT2D eigenvalue weighted by Crippen LogP contribution is 2.32. The van der Waals surface area contributed by atoms with Crippen LogP contribution in [0.4, 0.5) is 21.4 Å². The van der Waals surface area contributed by atoms with Crippen molar-refractivity contribution < 1.29 is 9.59 Å². The Morgan fingerprint density at radius 3 is 2.48 bits per heavy atom. The number of anilines is 2. The molecule has 1 aromatic carbocycles. The van der Waals surface area contributed by atoms with Gasteiger partial charge in [-0.05, 0) is 42.8 Å². The summed E-state index contributed by atoms with van der Waals surface area (Å²) in [4.78, 5) is 46.0. The van der Waals surface area contributed by atoms with Gasteiger partial charge in [0.25, 0.3) is 0 Å². The van der Waals surface area contributed by atoms with Crippen LogP contribution in [0, 0.1) is 0 Å². The molecule has 4 aromatic rings. The Morgan fingerprint density at radius 1 is 1.03 bits per heavy atom. The molecular weight excluding hydrogens is 422 g/mol. The number of aromatic nitrogens is 5. The third-order valence-electron chi connectivity index (χ3n) is 4.70. The molecule has 3 aromatic heterocycles. The van der Waals surface area contributed by atoms with E-state index in [0.717, 1.165) is 11.1 Å². The number of pyridine rings is 1. The maximum absolute atomic E-state index is 11.9. The molecular formula is C22H23N9O2.